The fourth-order valence-corrected chi connectivity index (χ4v) is 0.224. The van der Waals surface area contributed by atoms with Crippen LogP contribution in [0.5, 0.6) is 0 Å². The van der Waals surface area contributed by atoms with E-state index in [0.717, 1.165) is 10.6 Å². The van der Waals surface area contributed by atoms with Gasteiger partial charge in [0.05, 0.1) is 27.2 Å². The zero-order chi connectivity index (χ0) is 10.2. The van der Waals surface area contributed by atoms with Gasteiger partial charge in [-0.15, -0.1) is 0 Å². The molecule has 0 unspecified atom stereocenters. The van der Waals surface area contributed by atoms with E-state index < -0.39 is 5.91 Å². The molecule has 0 saturated heterocycles. The van der Waals surface area contributed by atoms with Gasteiger partial charge in [0.25, 0.3) is 0 Å². The molecule has 0 aliphatic rings. The Hall–Kier alpha value is -0.830. The number of carbonyl (C=O) groups is 1. The summed E-state index contributed by atoms with van der Waals surface area (Å²) < 4.78 is 1.14. The molecule has 2 N–H and O–H groups in total. The van der Waals surface area contributed by atoms with E-state index in [-0.39, 0.29) is 0 Å². The highest BCUT2D eigenvalue weighted by Crippen LogP contribution is 1.91. The highest BCUT2D eigenvalue weighted by molar-refractivity contribution is 5.84. The summed E-state index contributed by atoms with van der Waals surface area (Å²) in [6.07, 6.45) is 1.06. The van der Waals surface area contributed by atoms with Crippen LogP contribution in [0.4, 0.5) is 0 Å². The number of rotatable bonds is 3. The van der Waals surface area contributed by atoms with Crippen molar-refractivity contribution in [3.63, 3.8) is 0 Å². The molecule has 12 heavy (non-hydrogen) atoms. The quantitative estimate of drug-likeness (QED) is 0.497. The smallest absolute Gasteiger partial charge is 0.240 e. The van der Waals surface area contributed by atoms with Gasteiger partial charge in [0.2, 0.25) is 5.91 Å². The van der Waals surface area contributed by atoms with Crippen molar-refractivity contribution >= 4 is 5.91 Å². The summed E-state index contributed by atoms with van der Waals surface area (Å²) in [4.78, 5) is 9.47. The molecule has 0 heterocycles. The third kappa shape index (κ3) is 11.9. The van der Waals surface area contributed by atoms with E-state index in [2.05, 4.69) is 40.3 Å². The van der Waals surface area contributed by atoms with Crippen molar-refractivity contribution in [2.75, 3.05) is 27.2 Å². The highest BCUT2D eigenvalue weighted by atomic mass is 16.1. The molecule has 1 amide bonds. The van der Waals surface area contributed by atoms with Crippen molar-refractivity contribution in [3.05, 3.63) is 12.7 Å². The van der Waals surface area contributed by atoms with Crippen molar-refractivity contribution in [2.45, 2.75) is 13.8 Å². The van der Waals surface area contributed by atoms with Gasteiger partial charge in [-0.05, 0) is 19.9 Å². The largest absolute Gasteiger partial charge is 0.366 e. The summed E-state index contributed by atoms with van der Waals surface area (Å²) in [6.45, 7) is 9.97. The van der Waals surface area contributed by atoms with Crippen LogP contribution in [0, 0.1) is 0 Å². The van der Waals surface area contributed by atoms with Crippen molar-refractivity contribution < 1.29 is 9.28 Å². The van der Waals surface area contributed by atoms with E-state index >= 15 is 0 Å². The van der Waals surface area contributed by atoms with Gasteiger partial charge in [-0.2, -0.15) is 0 Å². The Morgan fingerprint density at radius 2 is 1.67 bits per heavy atom. The van der Waals surface area contributed by atoms with Gasteiger partial charge in [-0.25, -0.2) is 0 Å². The molecule has 3 heteroatoms. The Bertz CT molecular complexity index is 135. The molecule has 0 saturated carbocycles. The Kier molecular flexibility index (Phi) is 7.85. The topological polar surface area (TPSA) is 43.1 Å². The number of nitrogens with zero attached hydrogens (tertiary/aromatic N) is 1. The van der Waals surface area contributed by atoms with Gasteiger partial charge in [0.15, 0.2) is 0 Å². The molecule has 0 aromatic carbocycles. The van der Waals surface area contributed by atoms with Gasteiger partial charge in [0.1, 0.15) is 0 Å². The maximum atomic E-state index is 9.47. The third-order valence-electron chi connectivity index (χ3n) is 1.91. The van der Waals surface area contributed by atoms with Crippen LogP contribution in [0.1, 0.15) is 13.8 Å². The molecule has 0 fully saturated rings. The van der Waals surface area contributed by atoms with E-state index in [9.17, 15) is 4.79 Å². The van der Waals surface area contributed by atoms with E-state index in [4.69, 9.17) is 0 Å². The second-order valence-corrected chi connectivity index (χ2v) is 3.17. The molecule has 0 radical (unpaired) electrons. The van der Waals surface area contributed by atoms with Crippen LogP contribution in [-0.4, -0.2) is 37.6 Å². The lowest BCUT2D eigenvalue weighted by atomic mass is 10.5. The number of amides is 1. The minimum Gasteiger partial charge on any atom is -0.366 e. The standard InChI is InChI=1S/C6H16N.C3H5NO/c1-5-7(3,4)6-2;1-2-3(4)5/h5-6H2,1-4H3;2H,1H2,(H2,4,5)/q+1;. The molecule has 0 aliphatic carbocycles. The lowest BCUT2D eigenvalue weighted by Gasteiger charge is -2.25. The average molecular weight is 173 g/mol. The minimum absolute atomic E-state index is 0.481. The lowest BCUT2D eigenvalue weighted by Crippen LogP contribution is -2.38. The lowest BCUT2D eigenvalue weighted by molar-refractivity contribution is -0.886. The zero-order valence-corrected chi connectivity index (χ0v) is 8.63. The summed E-state index contributed by atoms with van der Waals surface area (Å²) in [5.74, 6) is -0.481. The first-order chi connectivity index (χ1) is 5.39. The van der Waals surface area contributed by atoms with E-state index in [1.165, 1.54) is 13.1 Å². The summed E-state index contributed by atoms with van der Waals surface area (Å²) in [5, 5.41) is 0. The molecular weight excluding hydrogens is 152 g/mol. The monoisotopic (exact) mass is 173 g/mol. The first-order valence-corrected chi connectivity index (χ1v) is 4.13. The van der Waals surface area contributed by atoms with Crippen molar-refractivity contribution in [1.82, 2.24) is 0 Å². The first-order valence-electron chi connectivity index (χ1n) is 4.13. The molecule has 0 aliphatic heterocycles. The van der Waals surface area contributed by atoms with Gasteiger partial charge in [-0.3, -0.25) is 4.79 Å². The number of nitrogens with two attached hydrogens (primary N) is 1. The van der Waals surface area contributed by atoms with Crippen LogP contribution < -0.4 is 5.73 Å². The zero-order valence-electron chi connectivity index (χ0n) is 8.63. The fourth-order valence-electron chi connectivity index (χ4n) is 0.224. The minimum atomic E-state index is -0.481. The fraction of sp³-hybridized carbons (Fsp3) is 0.667. The third-order valence-corrected chi connectivity index (χ3v) is 1.91. The second-order valence-electron chi connectivity index (χ2n) is 3.17. The number of carbonyl (C=O) groups excluding carboxylic acids is 1. The molecule has 0 rings (SSSR count). The van der Waals surface area contributed by atoms with Gasteiger partial charge >= 0.3 is 0 Å². The molecule has 3 nitrogen and oxygen atoms in total. The van der Waals surface area contributed by atoms with Crippen LogP contribution in [0.15, 0.2) is 12.7 Å². The number of quaternary nitrogens is 1. The Morgan fingerprint density at radius 1 is 1.42 bits per heavy atom. The maximum absolute atomic E-state index is 9.47. The molecule has 0 atom stereocenters. The van der Waals surface area contributed by atoms with Crippen LogP contribution in [0.3, 0.4) is 0 Å². The van der Waals surface area contributed by atoms with Crippen LogP contribution in [0.25, 0.3) is 0 Å². The predicted octanol–water partition coefficient (Wildman–Crippen LogP) is 0.760. The summed E-state index contributed by atoms with van der Waals surface area (Å²) in [5.41, 5.74) is 4.53. The van der Waals surface area contributed by atoms with Crippen LogP contribution in [0.2, 0.25) is 0 Å². The second kappa shape index (κ2) is 6.85. The molecular formula is C9H21N2O+. The first kappa shape index (κ1) is 13.7. The summed E-state index contributed by atoms with van der Waals surface area (Å²) in [6, 6.07) is 0. The Balaban J connectivity index is 0. The number of hydrogen-bond acceptors (Lipinski definition) is 1. The molecule has 72 valence electrons. The van der Waals surface area contributed by atoms with E-state index in [1.54, 1.807) is 0 Å². The van der Waals surface area contributed by atoms with Crippen LogP contribution >= 0.6 is 0 Å². The normalized spacial score (nSPS) is 9.67. The Morgan fingerprint density at radius 3 is 1.67 bits per heavy atom. The van der Waals surface area contributed by atoms with Gasteiger partial charge in [-0.1, -0.05) is 6.58 Å². The maximum Gasteiger partial charge on any atom is 0.240 e. The molecule has 0 bridgehead atoms. The number of hydrogen-bond donors (Lipinski definition) is 1. The highest BCUT2D eigenvalue weighted by Gasteiger charge is 2.04. The van der Waals surface area contributed by atoms with Gasteiger partial charge in [0, 0.05) is 0 Å². The van der Waals surface area contributed by atoms with Crippen molar-refractivity contribution in [3.8, 4) is 0 Å². The van der Waals surface area contributed by atoms with E-state index in [1.807, 2.05) is 0 Å². The Labute approximate surface area is 75.4 Å². The number of primary amides is 1. The van der Waals surface area contributed by atoms with Gasteiger partial charge < -0.3 is 10.2 Å². The predicted molar refractivity (Wildman–Crippen MR) is 52.6 cm³/mol. The summed E-state index contributed by atoms with van der Waals surface area (Å²) >= 11 is 0. The molecule has 0 aromatic heterocycles. The van der Waals surface area contributed by atoms with Crippen molar-refractivity contribution in [1.29, 1.82) is 0 Å². The average Bonchev–Trinajstić information content (AvgIpc) is 2.05. The van der Waals surface area contributed by atoms with E-state index in [0.29, 0.717) is 0 Å². The molecule has 0 spiro atoms. The molecule has 0 aromatic rings. The summed E-state index contributed by atoms with van der Waals surface area (Å²) in [7, 11) is 4.47. The van der Waals surface area contributed by atoms with Crippen molar-refractivity contribution in [2.24, 2.45) is 5.73 Å². The van der Waals surface area contributed by atoms with Crippen LogP contribution in [-0.2, 0) is 4.79 Å². The SMILES string of the molecule is C=CC(N)=O.CC[N+](C)(C)CC.